The van der Waals surface area contributed by atoms with Crippen LogP contribution < -0.4 is 9.47 Å². The number of carbonyl (C=O) groups is 2. The summed E-state index contributed by atoms with van der Waals surface area (Å²) in [4.78, 5) is 27.6. The normalized spacial score (nSPS) is 17.6. The number of para-hydroxylation sites is 1. The number of rotatable bonds is 9. The molecule has 2 aromatic rings. The van der Waals surface area contributed by atoms with Gasteiger partial charge in [-0.2, -0.15) is 0 Å². The molecule has 1 atom stereocenters. The lowest BCUT2D eigenvalue weighted by atomic mass is 9.94. The van der Waals surface area contributed by atoms with Crippen molar-refractivity contribution < 1.29 is 28.9 Å². The Morgan fingerprint density at radius 1 is 1.09 bits per heavy atom. The van der Waals surface area contributed by atoms with Crippen molar-refractivity contribution in [1.29, 1.82) is 0 Å². The van der Waals surface area contributed by atoms with Crippen LogP contribution in [0, 0.1) is 6.92 Å². The minimum absolute atomic E-state index is 0.0455. The van der Waals surface area contributed by atoms with Gasteiger partial charge < -0.3 is 24.2 Å². The molecule has 1 aliphatic heterocycles. The van der Waals surface area contributed by atoms with Gasteiger partial charge in [-0.15, -0.1) is 0 Å². The Labute approximate surface area is 188 Å². The van der Waals surface area contributed by atoms with E-state index in [1.54, 1.807) is 38.5 Å². The average Bonchev–Trinajstić information content (AvgIpc) is 3.04. The molecule has 0 radical (unpaired) electrons. The SMILES string of the molecule is CCOc1ccccc1[C@@H]1/C(=C(\O)c2ccc(OC)c(C)c2)C(=O)C(=O)N1CCCOC. The van der Waals surface area contributed by atoms with Gasteiger partial charge >= 0.3 is 0 Å². The molecule has 1 aliphatic rings. The van der Waals surface area contributed by atoms with Crippen LogP contribution in [0.3, 0.4) is 0 Å². The zero-order valence-electron chi connectivity index (χ0n) is 18.9. The maximum Gasteiger partial charge on any atom is 0.295 e. The molecule has 1 amide bonds. The van der Waals surface area contributed by atoms with Gasteiger partial charge in [0.25, 0.3) is 11.7 Å². The lowest BCUT2D eigenvalue weighted by molar-refractivity contribution is -0.140. The van der Waals surface area contributed by atoms with Crippen LogP contribution in [0.15, 0.2) is 48.0 Å². The van der Waals surface area contributed by atoms with E-state index in [4.69, 9.17) is 14.2 Å². The van der Waals surface area contributed by atoms with Crippen LogP contribution >= 0.6 is 0 Å². The van der Waals surface area contributed by atoms with E-state index in [1.165, 1.54) is 4.90 Å². The number of ketones is 1. The van der Waals surface area contributed by atoms with E-state index in [0.717, 1.165) is 5.56 Å². The largest absolute Gasteiger partial charge is 0.507 e. The van der Waals surface area contributed by atoms with Crippen molar-refractivity contribution in [3.8, 4) is 11.5 Å². The monoisotopic (exact) mass is 439 g/mol. The van der Waals surface area contributed by atoms with Crippen molar-refractivity contribution in [3.05, 3.63) is 64.7 Å². The van der Waals surface area contributed by atoms with Crippen molar-refractivity contribution in [2.45, 2.75) is 26.3 Å². The molecule has 3 rings (SSSR count). The fourth-order valence-electron chi connectivity index (χ4n) is 3.99. The van der Waals surface area contributed by atoms with Crippen LogP contribution in [0.4, 0.5) is 0 Å². The number of benzene rings is 2. The van der Waals surface area contributed by atoms with E-state index >= 15 is 0 Å². The highest BCUT2D eigenvalue weighted by Gasteiger charge is 2.46. The zero-order chi connectivity index (χ0) is 23.3. The number of methoxy groups -OCH3 is 2. The van der Waals surface area contributed by atoms with Gasteiger partial charge in [-0.1, -0.05) is 18.2 Å². The van der Waals surface area contributed by atoms with Crippen molar-refractivity contribution in [1.82, 2.24) is 4.90 Å². The van der Waals surface area contributed by atoms with Crippen molar-refractivity contribution in [2.24, 2.45) is 0 Å². The number of ether oxygens (including phenoxy) is 3. The number of amides is 1. The molecule has 0 aliphatic carbocycles. The summed E-state index contributed by atoms with van der Waals surface area (Å²) in [5.41, 5.74) is 1.94. The second-order valence-corrected chi connectivity index (χ2v) is 7.49. The third kappa shape index (κ3) is 4.48. The Kier molecular flexibility index (Phi) is 7.53. The lowest BCUT2D eigenvalue weighted by Gasteiger charge is -2.26. The van der Waals surface area contributed by atoms with E-state index < -0.39 is 17.7 Å². The first kappa shape index (κ1) is 23.3. The van der Waals surface area contributed by atoms with Crippen LogP contribution in [0.1, 0.15) is 36.1 Å². The van der Waals surface area contributed by atoms with Gasteiger partial charge in [0.2, 0.25) is 0 Å². The van der Waals surface area contributed by atoms with Crippen molar-refractivity contribution >= 4 is 17.4 Å². The predicted molar refractivity (Wildman–Crippen MR) is 121 cm³/mol. The topological polar surface area (TPSA) is 85.3 Å². The van der Waals surface area contributed by atoms with E-state index in [0.29, 0.717) is 48.8 Å². The number of Topliss-reactive ketones (excluding diaryl/α,β-unsaturated/α-hetero) is 1. The number of nitrogens with zero attached hydrogens (tertiary/aromatic N) is 1. The number of hydrogen-bond acceptors (Lipinski definition) is 6. The number of aliphatic hydroxyl groups excluding tert-OH is 1. The first-order valence-electron chi connectivity index (χ1n) is 10.6. The summed E-state index contributed by atoms with van der Waals surface area (Å²) in [5.74, 6) is -0.358. The molecule has 0 bridgehead atoms. The highest BCUT2D eigenvalue weighted by Crippen LogP contribution is 2.43. The number of likely N-dealkylation sites (tertiary alicyclic amines) is 1. The predicted octanol–water partition coefficient (Wildman–Crippen LogP) is 3.86. The summed E-state index contributed by atoms with van der Waals surface area (Å²) in [6.07, 6.45) is 0.554. The molecule has 1 fully saturated rings. The first-order valence-corrected chi connectivity index (χ1v) is 10.6. The molecule has 7 heteroatoms. The maximum absolute atomic E-state index is 13.1. The molecule has 7 nitrogen and oxygen atoms in total. The van der Waals surface area contributed by atoms with Gasteiger partial charge in [0.05, 0.1) is 25.3 Å². The smallest absolute Gasteiger partial charge is 0.295 e. The summed E-state index contributed by atoms with van der Waals surface area (Å²) in [6, 6.07) is 11.6. The van der Waals surface area contributed by atoms with E-state index in [1.807, 2.05) is 32.0 Å². The molecule has 1 saturated heterocycles. The third-order valence-electron chi connectivity index (χ3n) is 5.47. The Morgan fingerprint density at radius 3 is 2.50 bits per heavy atom. The highest BCUT2D eigenvalue weighted by molar-refractivity contribution is 6.46. The summed E-state index contributed by atoms with van der Waals surface area (Å²) in [5, 5.41) is 11.2. The summed E-state index contributed by atoms with van der Waals surface area (Å²) >= 11 is 0. The van der Waals surface area contributed by atoms with Gasteiger partial charge in [0.15, 0.2) is 0 Å². The summed E-state index contributed by atoms with van der Waals surface area (Å²) < 4.78 is 16.2. The second kappa shape index (κ2) is 10.3. The van der Waals surface area contributed by atoms with Gasteiger partial charge in [-0.25, -0.2) is 0 Å². The van der Waals surface area contributed by atoms with E-state index in [-0.39, 0.29) is 11.3 Å². The number of hydrogen-bond donors (Lipinski definition) is 1. The molecule has 0 unspecified atom stereocenters. The van der Waals surface area contributed by atoms with Crippen LogP contribution in [0.25, 0.3) is 5.76 Å². The third-order valence-corrected chi connectivity index (χ3v) is 5.47. The molecule has 0 spiro atoms. The van der Waals surface area contributed by atoms with Crippen LogP contribution in [0.2, 0.25) is 0 Å². The fourth-order valence-corrected chi connectivity index (χ4v) is 3.99. The maximum atomic E-state index is 13.1. The number of aryl methyl sites for hydroxylation is 1. The molecule has 1 N–H and O–H groups in total. The Hall–Kier alpha value is -3.32. The zero-order valence-corrected chi connectivity index (χ0v) is 18.9. The molecule has 2 aromatic carbocycles. The lowest BCUT2D eigenvalue weighted by Crippen LogP contribution is -2.31. The van der Waals surface area contributed by atoms with Gasteiger partial charge in [0, 0.05) is 31.4 Å². The standard InChI is InChI=1S/C25H29NO6/c1-5-32-20-10-7-6-9-18(20)22-21(24(28)25(29)26(22)13-8-14-30-3)23(27)17-11-12-19(31-4)16(2)15-17/h6-7,9-12,15,22,27H,5,8,13-14H2,1-4H3/b23-21+/t22-/m1/s1. The molecule has 0 saturated carbocycles. The molecular weight excluding hydrogens is 410 g/mol. The molecule has 170 valence electrons. The van der Waals surface area contributed by atoms with Crippen molar-refractivity contribution in [2.75, 3.05) is 34.0 Å². The van der Waals surface area contributed by atoms with Gasteiger partial charge in [0.1, 0.15) is 17.3 Å². The molecule has 1 heterocycles. The quantitative estimate of drug-likeness (QED) is 0.276. The number of aliphatic hydroxyl groups is 1. The second-order valence-electron chi connectivity index (χ2n) is 7.49. The molecule has 32 heavy (non-hydrogen) atoms. The summed E-state index contributed by atoms with van der Waals surface area (Å²) in [6.45, 7) is 4.90. The van der Waals surface area contributed by atoms with Crippen LogP contribution in [-0.2, 0) is 14.3 Å². The Balaban J connectivity index is 2.17. The summed E-state index contributed by atoms with van der Waals surface area (Å²) in [7, 11) is 3.15. The number of carbonyl (C=O) groups excluding carboxylic acids is 2. The highest BCUT2D eigenvalue weighted by atomic mass is 16.5. The Bertz CT molecular complexity index is 1030. The molecular formula is C25H29NO6. The Morgan fingerprint density at radius 2 is 1.84 bits per heavy atom. The van der Waals surface area contributed by atoms with Crippen LogP contribution in [0.5, 0.6) is 11.5 Å². The molecule has 0 aromatic heterocycles. The van der Waals surface area contributed by atoms with Crippen LogP contribution in [-0.4, -0.2) is 55.7 Å². The van der Waals surface area contributed by atoms with Gasteiger partial charge in [-0.3, -0.25) is 9.59 Å². The average molecular weight is 440 g/mol. The van der Waals surface area contributed by atoms with Gasteiger partial charge in [-0.05, 0) is 50.1 Å². The minimum atomic E-state index is -0.767. The fraction of sp³-hybridized carbons (Fsp3) is 0.360. The van der Waals surface area contributed by atoms with E-state index in [9.17, 15) is 14.7 Å². The van der Waals surface area contributed by atoms with Crippen molar-refractivity contribution in [3.63, 3.8) is 0 Å². The first-order chi connectivity index (χ1) is 15.4. The minimum Gasteiger partial charge on any atom is -0.507 e. The van der Waals surface area contributed by atoms with E-state index in [2.05, 4.69) is 0 Å².